The number of carboxylic acid groups (broad SMARTS) is 1. The van der Waals surface area contributed by atoms with E-state index in [4.69, 9.17) is 4.52 Å². The first-order valence-corrected chi connectivity index (χ1v) is 12.2. The highest BCUT2D eigenvalue weighted by molar-refractivity contribution is 7.89. The second-order valence-electron chi connectivity index (χ2n) is 8.30. The molecule has 0 radical (unpaired) electrons. The fraction of sp³-hybridized carbons (Fsp3) is 0.524. The highest BCUT2D eigenvalue weighted by Crippen LogP contribution is 2.29. The molecule has 3 heterocycles. The van der Waals surface area contributed by atoms with Crippen LogP contribution in [0.25, 0.3) is 11.4 Å². The van der Waals surface area contributed by atoms with Crippen LogP contribution in [0.2, 0.25) is 0 Å². The predicted octanol–water partition coefficient (Wildman–Crippen LogP) is 2.16. The van der Waals surface area contributed by atoms with E-state index in [1.54, 1.807) is 24.0 Å². The Labute approximate surface area is 186 Å². The van der Waals surface area contributed by atoms with Crippen molar-refractivity contribution in [2.45, 2.75) is 43.9 Å². The van der Waals surface area contributed by atoms with Gasteiger partial charge in [-0.1, -0.05) is 17.3 Å². The minimum absolute atomic E-state index is 0.0575. The molecule has 1 atom stereocenters. The maximum Gasteiger partial charge on any atom is 0.316 e. The van der Waals surface area contributed by atoms with E-state index >= 15 is 0 Å². The molecule has 1 aromatic heterocycles. The van der Waals surface area contributed by atoms with Crippen LogP contribution in [-0.2, 0) is 14.8 Å². The molecule has 1 aromatic carbocycles. The molecule has 2 saturated heterocycles. The molecule has 1 unspecified atom stereocenters. The average Bonchev–Trinajstić information content (AvgIpc) is 3.29. The molecule has 10 nitrogen and oxygen atoms in total. The molecule has 2 aliphatic rings. The standard InChI is InChI=1S/C21H26N4O6S/c1-14-7-8-15(18-22-19(31-23-18)20(26)24-9-3-2-4-10-24)12-17(14)32(29,30)25-11-5-6-16(13-25)21(27)28/h7-8,12,16H,2-6,9-11,13H2,1H3,(H,27,28). The van der Waals surface area contributed by atoms with Crippen molar-refractivity contribution in [3.63, 3.8) is 0 Å². The third kappa shape index (κ3) is 4.40. The van der Waals surface area contributed by atoms with Gasteiger partial charge in [-0.15, -0.1) is 0 Å². The van der Waals surface area contributed by atoms with Crippen molar-refractivity contribution in [1.29, 1.82) is 0 Å². The van der Waals surface area contributed by atoms with Gasteiger partial charge in [-0.05, 0) is 50.7 Å². The van der Waals surface area contributed by atoms with E-state index in [2.05, 4.69) is 10.1 Å². The number of sulfonamides is 1. The van der Waals surface area contributed by atoms with Gasteiger partial charge in [0.2, 0.25) is 15.8 Å². The molecule has 4 rings (SSSR count). The molecule has 32 heavy (non-hydrogen) atoms. The van der Waals surface area contributed by atoms with Gasteiger partial charge < -0.3 is 14.5 Å². The van der Waals surface area contributed by atoms with Gasteiger partial charge in [-0.25, -0.2) is 8.42 Å². The Morgan fingerprint density at radius 3 is 2.59 bits per heavy atom. The SMILES string of the molecule is Cc1ccc(-c2noc(C(=O)N3CCCCC3)n2)cc1S(=O)(=O)N1CCCC(C(=O)O)C1. The molecule has 0 saturated carbocycles. The number of carbonyl (C=O) groups excluding carboxylic acids is 1. The van der Waals surface area contributed by atoms with Crippen molar-refractivity contribution in [2.24, 2.45) is 5.92 Å². The summed E-state index contributed by atoms with van der Waals surface area (Å²) in [4.78, 5) is 29.9. The number of hydrogen-bond acceptors (Lipinski definition) is 7. The number of likely N-dealkylation sites (tertiary alicyclic amines) is 1. The van der Waals surface area contributed by atoms with Crippen molar-refractivity contribution in [3.8, 4) is 11.4 Å². The predicted molar refractivity (Wildman–Crippen MR) is 113 cm³/mol. The molecule has 0 aliphatic carbocycles. The first-order chi connectivity index (χ1) is 15.3. The summed E-state index contributed by atoms with van der Waals surface area (Å²) in [5.74, 6) is -2.02. The number of amides is 1. The van der Waals surface area contributed by atoms with Crippen LogP contribution in [-0.4, -0.2) is 70.9 Å². The van der Waals surface area contributed by atoms with Crippen LogP contribution >= 0.6 is 0 Å². The lowest BCUT2D eigenvalue weighted by Crippen LogP contribution is -2.42. The second kappa shape index (κ2) is 8.99. The number of rotatable bonds is 5. The van der Waals surface area contributed by atoms with Gasteiger partial charge in [0.05, 0.1) is 10.8 Å². The normalized spacial score (nSPS) is 20.3. The molecule has 2 aromatic rings. The Morgan fingerprint density at radius 2 is 1.88 bits per heavy atom. The van der Waals surface area contributed by atoms with E-state index in [9.17, 15) is 23.1 Å². The smallest absolute Gasteiger partial charge is 0.316 e. The number of aliphatic carboxylic acids is 1. The van der Waals surface area contributed by atoms with Crippen molar-refractivity contribution in [1.82, 2.24) is 19.3 Å². The number of nitrogens with zero attached hydrogens (tertiary/aromatic N) is 4. The van der Waals surface area contributed by atoms with Gasteiger partial charge in [0.25, 0.3) is 0 Å². The largest absolute Gasteiger partial charge is 0.481 e. The molecule has 0 spiro atoms. The Hall–Kier alpha value is -2.79. The van der Waals surface area contributed by atoms with Crippen molar-refractivity contribution in [2.75, 3.05) is 26.2 Å². The zero-order chi connectivity index (χ0) is 22.9. The number of carbonyl (C=O) groups is 2. The van der Waals surface area contributed by atoms with E-state index in [0.717, 1.165) is 19.3 Å². The molecule has 2 aliphatic heterocycles. The van der Waals surface area contributed by atoms with Gasteiger partial charge in [0, 0.05) is 31.7 Å². The Kier molecular flexibility index (Phi) is 6.29. The molecule has 2 fully saturated rings. The summed E-state index contributed by atoms with van der Waals surface area (Å²) in [5, 5.41) is 13.2. The zero-order valence-electron chi connectivity index (χ0n) is 17.9. The quantitative estimate of drug-likeness (QED) is 0.714. The number of aromatic nitrogens is 2. The second-order valence-corrected chi connectivity index (χ2v) is 10.2. The van der Waals surface area contributed by atoms with Crippen molar-refractivity contribution < 1.29 is 27.6 Å². The summed E-state index contributed by atoms with van der Waals surface area (Å²) in [5.41, 5.74) is 0.932. The minimum Gasteiger partial charge on any atom is -0.481 e. The van der Waals surface area contributed by atoms with E-state index in [1.165, 1.54) is 10.4 Å². The van der Waals surface area contributed by atoms with Crippen LogP contribution in [0, 0.1) is 12.8 Å². The summed E-state index contributed by atoms with van der Waals surface area (Å²) in [6, 6.07) is 4.77. The van der Waals surface area contributed by atoms with Crippen LogP contribution < -0.4 is 0 Å². The summed E-state index contributed by atoms with van der Waals surface area (Å²) in [6.07, 6.45) is 3.90. The third-order valence-electron chi connectivity index (χ3n) is 6.05. The summed E-state index contributed by atoms with van der Waals surface area (Å²) < 4.78 is 33.0. The Balaban J connectivity index is 1.60. The highest BCUT2D eigenvalue weighted by atomic mass is 32.2. The van der Waals surface area contributed by atoms with E-state index in [-0.39, 0.29) is 35.6 Å². The first kappa shape index (κ1) is 22.4. The fourth-order valence-corrected chi connectivity index (χ4v) is 5.95. The number of piperidine rings is 2. The van der Waals surface area contributed by atoms with Crippen LogP contribution in [0.4, 0.5) is 0 Å². The van der Waals surface area contributed by atoms with Gasteiger partial charge >= 0.3 is 17.8 Å². The number of hydrogen-bond donors (Lipinski definition) is 1. The lowest BCUT2D eigenvalue weighted by molar-refractivity contribution is -0.142. The van der Waals surface area contributed by atoms with E-state index in [1.807, 2.05) is 0 Å². The van der Waals surface area contributed by atoms with Crippen molar-refractivity contribution >= 4 is 21.9 Å². The topological polar surface area (TPSA) is 134 Å². The number of carboxylic acids is 1. The van der Waals surface area contributed by atoms with Crippen LogP contribution in [0.5, 0.6) is 0 Å². The monoisotopic (exact) mass is 462 g/mol. The van der Waals surface area contributed by atoms with Gasteiger partial charge in [0.1, 0.15) is 0 Å². The first-order valence-electron chi connectivity index (χ1n) is 10.7. The molecular formula is C21H26N4O6S. The van der Waals surface area contributed by atoms with Crippen LogP contribution in [0.1, 0.15) is 48.4 Å². The summed E-state index contributed by atoms with van der Waals surface area (Å²) >= 11 is 0. The maximum absolute atomic E-state index is 13.3. The number of benzene rings is 1. The van der Waals surface area contributed by atoms with E-state index < -0.39 is 21.9 Å². The van der Waals surface area contributed by atoms with Crippen LogP contribution in [0.15, 0.2) is 27.6 Å². The molecule has 1 N–H and O–H groups in total. The summed E-state index contributed by atoms with van der Waals surface area (Å²) in [6.45, 7) is 3.19. The van der Waals surface area contributed by atoms with E-state index in [0.29, 0.717) is 37.1 Å². The lowest BCUT2D eigenvalue weighted by atomic mass is 10.0. The average molecular weight is 463 g/mol. The lowest BCUT2D eigenvalue weighted by Gasteiger charge is -2.30. The van der Waals surface area contributed by atoms with Gasteiger partial charge in [0.15, 0.2) is 0 Å². The van der Waals surface area contributed by atoms with Crippen molar-refractivity contribution in [3.05, 3.63) is 29.7 Å². The maximum atomic E-state index is 13.3. The molecule has 1 amide bonds. The third-order valence-corrected chi connectivity index (χ3v) is 8.06. The summed E-state index contributed by atoms with van der Waals surface area (Å²) in [7, 11) is -3.91. The molecule has 11 heteroatoms. The Morgan fingerprint density at radius 1 is 1.12 bits per heavy atom. The molecule has 172 valence electrons. The molecular weight excluding hydrogens is 436 g/mol. The highest BCUT2D eigenvalue weighted by Gasteiger charge is 2.34. The zero-order valence-corrected chi connectivity index (χ0v) is 18.7. The van der Waals surface area contributed by atoms with Gasteiger partial charge in [-0.2, -0.15) is 9.29 Å². The molecule has 0 bridgehead atoms. The fourth-order valence-electron chi connectivity index (χ4n) is 4.18. The minimum atomic E-state index is -3.91. The Bertz CT molecular complexity index is 1120. The van der Waals surface area contributed by atoms with Gasteiger partial charge in [-0.3, -0.25) is 9.59 Å². The van der Waals surface area contributed by atoms with Crippen LogP contribution in [0.3, 0.4) is 0 Å². The number of aryl methyl sites for hydroxylation is 1.